The van der Waals surface area contributed by atoms with Gasteiger partial charge in [-0.25, -0.2) is 4.39 Å². The summed E-state index contributed by atoms with van der Waals surface area (Å²) in [7, 11) is 0. The summed E-state index contributed by atoms with van der Waals surface area (Å²) in [6.45, 7) is 4.91. The fourth-order valence-corrected chi connectivity index (χ4v) is 4.14. The minimum Gasteiger partial charge on any atom is -0.367 e. The van der Waals surface area contributed by atoms with E-state index in [-0.39, 0.29) is 30.0 Å². The topological polar surface area (TPSA) is 55.9 Å². The van der Waals surface area contributed by atoms with Crippen LogP contribution < -0.4 is 15.1 Å². The largest absolute Gasteiger partial charge is 0.367 e. The normalized spacial score (nSPS) is 19.9. The third kappa shape index (κ3) is 4.62. The number of piperazine rings is 1. The van der Waals surface area contributed by atoms with Crippen LogP contribution in [-0.4, -0.2) is 62.5 Å². The average molecular weight is 410 g/mol. The Kier molecular flexibility index (Phi) is 6.28. The van der Waals surface area contributed by atoms with Crippen LogP contribution in [0.5, 0.6) is 0 Å². The van der Waals surface area contributed by atoms with Gasteiger partial charge in [0.2, 0.25) is 11.8 Å². The Morgan fingerprint density at radius 1 is 1.00 bits per heavy atom. The van der Waals surface area contributed by atoms with E-state index in [1.54, 1.807) is 11.0 Å². The van der Waals surface area contributed by atoms with Crippen LogP contribution in [0.2, 0.25) is 0 Å². The van der Waals surface area contributed by atoms with Crippen LogP contribution in [0.25, 0.3) is 0 Å². The highest BCUT2D eigenvalue weighted by molar-refractivity contribution is 6.00. The number of anilines is 2. The molecule has 0 radical (unpaired) electrons. The predicted octanol–water partition coefficient (Wildman–Crippen LogP) is 2.12. The molecule has 0 aromatic heterocycles. The molecule has 2 fully saturated rings. The lowest BCUT2D eigenvalue weighted by Crippen LogP contribution is -2.49. The molecule has 2 aliphatic rings. The zero-order chi connectivity index (χ0) is 20.9. The van der Waals surface area contributed by atoms with E-state index in [2.05, 4.69) is 15.1 Å². The molecule has 30 heavy (non-hydrogen) atoms. The van der Waals surface area contributed by atoms with Crippen LogP contribution in [0.4, 0.5) is 15.8 Å². The molecule has 2 saturated heterocycles. The van der Waals surface area contributed by atoms with Gasteiger partial charge >= 0.3 is 0 Å². The molecule has 0 saturated carbocycles. The molecule has 1 atom stereocenters. The van der Waals surface area contributed by atoms with Crippen molar-refractivity contribution in [2.24, 2.45) is 5.92 Å². The molecule has 0 bridgehead atoms. The highest BCUT2D eigenvalue weighted by Crippen LogP contribution is 2.25. The second-order valence-electron chi connectivity index (χ2n) is 7.81. The molecule has 2 amide bonds. The van der Waals surface area contributed by atoms with Gasteiger partial charge in [-0.1, -0.05) is 30.3 Å². The van der Waals surface area contributed by atoms with Crippen molar-refractivity contribution in [3.05, 3.63) is 60.4 Å². The Bertz CT molecular complexity index is 884. The van der Waals surface area contributed by atoms with E-state index in [9.17, 15) is 14.0 Å². The second kappa shape index (κ2) is 9.26. The molecule has 2 aromatic carbocycles. The first kappa shape index (κ1) is 20.3. The summed E-state index contributed by atoms with van der Waals surface area (Å²) in [5.74, 6) is -0.568. The molecular formula is C23H27FN4O2. The molecule has 2 heterocycles. The summed E-state index contributed by atoms with van der Waals surface area (Å²) in [4.78, 5) is 30.8. The molecule has 158 valence electrons. The molecule has 7 heteroatoms. The number of benzene rings is 2. The van der Waals surface area contributed by atoms with Crippen molar-refractivity contribution < 1.29 is 14.0 Å². The zero-order valence-electron chi connectivity index (χ0n) is 17.0. The number of rotatable bonds is 6. The first-order valence-electron chi connectivity index (χ1n) is 10.5. The van der Waals surface area contributed by atoms with Crippen molar-refractivity contribution in [3.63, 3.8) is 0 Å². The van der Waals surface area contributed by atoms with Gasteiger partial charge in [-0.3, -0.25) is 14.5 Å². The molecule has 1 N–H and O–H groups in total. The Hall–Kier alpha value is -2.93. The number of halogens is 1. The monoisotopic (exact) mass is 410 g/mol. The van der Waals surface area contributed by atoms with Gasteiger partial charge < -0.3 is 15.1 Å². The van der Waals surface area contributed by atoms with Crippen molar-refractivity contribution >= 4 is 23.2 Å². The summed E-state index contributed by atoms with van der Waals surface area (Å²) < 4.78 is 13.9. The van der Waals surface area contributed by atoms with Gasteiger partial charge in [0.05, 0.1) is 11.6 Å². The van der Waals surface area contributed by atoms with E-state index in [0.717, 1.165) is 38.4 Å². The van der Waals surface area contributed by atoms with Crippen LogP contribution >= 0.6 is 0 Å². The van der Waals surface area contributed by atoms with Gasteiger partial charge in [-0.15, -0.1) is 0 Å². The summed E-state index contributed by atoms with van der Waals surface area (Å²) in [6, 6.07) is 16.3. The number of carbonyl (C=O) groups excluding carboxylic acids is 2. The van der Waals surface area contributed by atoms with Crippen LogP contribution in [0, 0.1) is 11.7 Å². The van der Waals surface area contributed by atoms with Gasteiger partial charge in [0, 0.05) is 57.9 Å². The molecule has 4 rings (SSSR count). The van der Waals surface area contributed by atoms with Crippen molar-refractivity contribution in [3.8, 4) is 0 Å². The summed E-state index contributed by atoms with van der Waals surface area (Å²) >= 11 is 0. The standard InChI is InChI=1S/C23H27FN4O2/c24-20-8-4-5-9-21(20)27-14-12-26(13-15-27)11-10-25-23(30)18-16-22(29)28(17-18)19-6-2-1-3-7-19/h1-9,18H,10-17H2,(H,25,30). The molecule has 0 spiro atoms. The van der Waals surface area contributed by atoms with Gasteiger partial charge in [-0.05, 0) is 24.3 Å². The Balaban J connectivity index is 1.20. The average Bonchev–Trinajstić information content (AvgIpc) is 3.17. The molecule has 1 unspecified atom stereocenters. The van der Waals surface area contributed by atoms with Crippen molar-refractivity contribution in [2.75, 3.05) is 55.6 Å². The lowest BCUT2D eigenvalue weighted by atomic mass is 10.1. The number of carbonyl (C=O) groups is 2. The van der Waals surface area contributed by atoms with Gasteiger partial charge in [0.15, 0.2) is 0 Å². The van der Waals surface area contributed by atoms with Crippen LogP contribution in [0.3, 0.4) is 0 Å². The maximum Gasteiger partial charge on any atom is 0.227 e. The number of nitrogens with zero attached hydrogens (tertiary/aromatic N) is 3. The summed E-state index contributed by atoms with van der Waals surface area (Å²) in [5, 5.41) is 2.98. The molecule has 2 aliphatic heterocycles. The molecular weight excluding hydrogens is 383 g/mol. The van der Waals surface area contributed by atoms with Crippen LogP contribution in [0.15, 0.2) is 54.6 Å². The Labute approximate surface area is 176 Å². The molecule has 6 nitrogen and oxygen atoms in total. The highest BCUT2D eigenvalue weighted by Gasteiger charge is 2.34. The lowest BCUT2D eigenvalue weighted by Gasteiger charge is -2.36. The first-order chi connectivity index (χ1) is 14.6. The van der Waals surface area contributed by atoms with E-state index >= 15 is 0 Å². The lowest BCUT2D eigenvalue weighted by molar-refractivity contribution is -0.126. The van der Waals surface area contributed by atoms with Gasteiger partial charge in [0.1, 0.15) is 5.82 Å². The van der Waals surface area contributed by atoms with E-state index in [1.807, 2.05) is 42.5 Å². The fraction of sp³-hybridized carbons (Fsp3) is 0.391. The Morgan fingerprint density at radius 3 is 2.43 bits per heavy atom. The molecule has 0 aliphatic carbocycles. The summed E-state index contributed by atoms with van der Waals surface area (Å²) in [6.07, 6.45) is 0.252. The summed E-state index contributed by atoms with van der Waals surface area (Å²) in [5.41, 5.74) is 1.49. The quantitative estimate of drug-likeness (QED) is 0.793. The number of hydrogen-bond acceptors (Lipinski definition) is 4. The van der Waals surface area contributed by atoms with Gasteiger partial charge in [-0.2, -0.15) is 0 Å². The van der Waals surface area contributed by atoms with E-state index in [0.29, 0.717) is 18.8 Å². The number of amides is 2. The zero-order valence-corrected chi connectivity index (χ0v) is 17.0. The fourth-order valence-electron chi connectivity index (χ4n) is 4.14. The maximum absolute atomic E-state index is 13.9. The van der Waals surface area contributed by atoms with Gasteiger partial charge in [0.25, 0.3) is 0 Å². The number of hydrogen-bond donors (Lipinski definition) is 1. The SMILES string of the molecule is O=C(NCCN1CCN(c2ccccc2F)CC1)C1CC(=O)N(c2ccccc2)C1. The molecule has 2 aromatic rings. The van der Waals surface area contributed by atoms with E-state index in [1.165, 1.54) is 6.07 Å². The maximum atomic E-state index is 13.9. The highest BCUT2D eigenvalue weighted by atomic mass is 19.1. The van der Waals surface area contributed by atoms with Crippen molar-refractivity contribution in [2.45, 2.75) is 6.42 Å². The van der Waals surface area contributed by atoms with Crippen LogP contribution in [-0.2, 0) is 9.59 Å². The first-order valence-corrected chi connectivity index (χ1v) is 10.5. The smallest absolute Gasteiger partial charge is 0.227 e. The Morgan fingerprint density at radius 2 is 1.70 bits per heavy atom. The minimum absolute atomic E-state index is 0.00869. The third-order valence-electron chi connectivity index (χ3n) is 5.86. The van der Waals surface area contributed by atoms with Crippen molar-refractivity contribution in [1.29, 1.82) is 0 Å². The minimum atomic E-state index is -0.310. The number of nitrogens with one attached hydrogen (secondary N) is 1. The van der Waals surface area contributed by atoms with Crippen molar-refractivity contribution in [1.82, 2.24) is 10.2 Å². The van der Waals surface area contributed by atoms with E-state index in [4.69, 9.17) is 0 Å². The van der Waals surface area contributed by atoms with E-state index < -0.39 is 0 Å². The van der Waals surface area contributed by atoms with Crippen LogP contribution in [0.1, 0.15) is 6.42 Å². The number of para-hydroxylation sites is 2. The third-order valence-corrected chi connectivity index (χ3v) is 5.86. The second-order valence-corrected chi connectivity index (χ2v) is 7.81. The predicted molar refractivity (Wildman–Crippen MR) is 115 cm³/mol.